The van der Waals surface area contributed by atoms with Crippen LogP contribution in [0, 0.1) is 0 Å². The number of hydrogen-bond donors (Lipinski definition) is 1. The fraction of sp³-hybridized carbons (Fsp3) is 0.217. The predicted octanol–water partition coefficient (Wildman–Crippen LogP) is 5.04. The second kappa shape index (κ2) is 8.09. The van der Waals surface area contributed by atoms with Crippen molar-refractivity contribution in [2.45, 2.75) is 20.5 Å². The number of ether oxygens (including phenoxy) is 1. The first kappa shape index (κ1) is 19.2. The van der Waals surface area contributed by atoms with E-state index in [1.165, 1.54) is 11.3 Å². The van der Waals surface area contributed by atoms with Crippen molar-refractivity contribution in [1.82, 2.24) is 4.90 Å². The maximum atomic E-state index is 12.8. The van der Waals surface area contributed by atoms with E-state index in [2.05, 4.69) is 5.32 Å². The number of rotatable bonds is 5. The van der Waals surface area contributed by atoms with Gasteiger partial charge in [0.25, 0.3) is 11.8 Å². The highest BCUT2D eigenvalue weighted by molar-refractivity contribution is 7.17. The number of anilines is 1. The van der Waals surface area contributed by atoms with E-state index in [0.717, 1.165) is 21.8 Å². The Hall–Kier alpha value is -3.12. The average Bonchev–Trinajstić information content (AvgIpc) is 3.20. The molecule has 1 aromatic heterocycles. The average molecular weight is 407 g/mol. The quantitative estimate of drug-likeness (QED) is 0.646. The minimum Gasteiger partial charge on any atom is -0.488 e. The Morgan fingerprint density at radius 2 is 1.86 bits per heavy atom. The molecule has 0 unspecified atom stereocenters. The Balaban J connectivity index is 1.55. The van der Waals surface area contributed by atoms with Crippen LogP contribution in [-0.2, 0) is 6.61 Å². The molecular formula is C23H22N2O3S. The van der Waals surface area contributed by atoms with E-state index < -0.39 is 0 Å². The zero-order valence-electron chi connectivity index (χ0n) is 16.4. The number of thiophene rings is 1. The number of fused-ring (bicyclic) bond motifs is 3. The lowest BCUT2D eigenvalue weighted by Gasteiger charge is -2.18. The van der Waals surface area contributed by atoms with E-state index in [-0.39, 0.29) is 11.8 Å². The number of hydrogen-bond acceptors (Lipinski definition) is 4. The monoisotopic (exact) mass is 406 g/mol. The third kappa shape index (κ3) is 3.76. The summed E-state index contributed by atoms with van der Waals surface area (Å²) in [7, 11) is 0. The zero-order valence-corrected chi connectivity index (χ0v) is 17.2. The van der Waals surface area contributed by atoms with Crippen LogP contribution in [0.3, 0.4) is 0 Å². The van der Waals surface area contributed by atoms with Crippen LogP contribution in [0.4, 0.5) is 5.69 Å². The molecule has 0 saturated heterocycles. The van der Waals surface area contributed by atoms with Crippen molar-refractivity contribution in [2.75, 3.05) is 18.4 Å². The number of carbonyl (C=O) groups is 2. The summed E-state index contributed by atoms with van der Waals surface area (Å²) >= 11 is 1.46. The molecule has 0 bridgehead atoms. The van der Waals surface area contributed by atoms with Gasteiger partial charge in [0.1, 0.15) is 12.4 Å². The van der Waals surface area contributed by atoms with Gasteiger partial charge in [0.05, 0.1) is 4.88 Å². The molecular weight excluding hydrogens is 384 g/mol. The summed E-state index contributed by atoms with van der Waals surface area (Å²) in [6.45, 7) is 5.66. The lowest BCUT2D eigenvalue weighted by Crippen LogP contribution is -2.30. The summed E-state index contributed by atoms with van der Waals surface area (Å²) in [4.78, 5) is 28.8. The van der Waals surface area contributed by atoms with E-state index in [1.54, 1.807) is 29.2 Å². The van der Waals surface area contributed by atoms with Gasteiger partial charge in [-0.1, -0.05) is 18.2 Å². The molecule has 1 aliphatic rings. The lowest BCUT2D eigenvalue weighted by atomic mass is 10.1. The summed E-state index contributed by atoms with van der Waals surface area (Å²) in [6, 6.07) is 16.8. The van der Waals surface area contributed by atoms with Gasteiger partial charge in [0.2, 0.25) is 0 Å². The summed E-state index contributed by atoms with van der Waals surface area (Å²) in [6.07, 6.45) is 0. The van der Waals surface area contributed by atoms with Gasteiger partial charge in [0, 0.05) is 40.3 Å². The Kier molecular flexibility index (Phi) is 5.36. The fourth-order valence-corrected chi connectivity index (χ4v) is 4.52. The minimum atomic E-state index is -0.186. The van der Waals surface area contributed by atoms with Crippen LogP contribution >= 0.6 is 11.3 Å². The summed E-state index contributed by atoms with van der Waals surface area (Å²) in [5.74, 6) is 0.622. The predicted molar refractivity (Wildman–Crippen MR) is 116 cm³/mol. The highest BCUT2D eigenvalue weighted by Gasteiger charge is 2.22. The standard InChI is InChI=1S/C23H22N2O3S/c1-3-25(4-2)23(27)15-8-7-9-17(12-15)24-22(26)20-13-16-14-28-19-11-6-5-10-18(19)21(16)29-20/h5-13H,3-4,14H2,1-2H3,(H,24,26). The zero-order chi connectivity index (χ0) is 20.4. The largest absolute Gasteiger partial charge is 0.488 e. The summed E-state index contributed by atoms with van der Waals surface area (Å²) in [5, 5.41) is 2.92. The molecule has 5 nitrogen and oxygen atoms in total. The molecule has 3 aromatic rings. The molecule has 148 valence electrons. The third-order valence-electron chi connectivity index (χ3n) is 4.97. The number of nitrogens with one attached hydrogen (secondary N) is 1. The van der Waals surface area contributed by atoms with E-state index in [4.69, 9.17) is 4.74 Å². The molecule has 0 radical (unpaired) electrons. The Bertz CT molecular complexity index is 1070. The smallest absolute Gasteiger partial charge is 0.265 e. The van der Waals surface area contributed by atoms with Gasteiger partial charge < -0.3 is 15.0 Å². The molecule has 0 atom stereocenters. The van der Waals surface area contributed by atoms with Crippen LogP contribution in [0.5, 0.6) is 5.75 Å². The van der Waals surface area contributed by atoms with Crippen LogP contribution in [-0.4, -0.2) is 29.8 Å². The number of para-hydroxylation sites is 1. The minimum absolute atomic E-state index is 0.0357. The van der Waals surface area contributed by atoms with Crippen molar-refractivity contribution in [1.29, 1.82) is 0 Å². The Labute approximate surface area is 173 Å². The molecule has 0 spiro atoms. The summed E-state index contributed by atoms with van der Waals surface area (Å²) < 4.78 is 5.78. The number of nitrogens with zero attached hydrogens (tertiary/aromatic N) is 1. The van der Waals surface area contributed by atoms with Crippen molar-refractivity contribution in [3.8, 4) is 16.2 Å². The third-order valence-corrected chi connectivity index (χ3v) is 6.18. The number of benzene rings is 2. The van der Waals surface area contributed by atoms with Crippen LogP contribution in [0.15, 0.2) is 54.6 Å². The van der Waals surface area contributed by atoms with Crippen molar-refractivity contribution >= 4 is 28.8 Å². The molecule has 2 amide bonds. The number of amides is 2. The van der Waals surface area contributed by atoms with Gasteiger partial charge in [-0.2, -0.15) is 0 Å². The van der Waals surface area contributed by atoms with E-state index in [9.17, 15) is 9.59 Å². The van der Waals surface area contributed by atoms with Crippen LogP contribution in [0.2, 0.25) is 0 Å². The van der Waals surface area contributed by atoms with Gasteiger partial charge in [-0.25, -0.2) is 0 Å². The lowest BCUT2D eigenvalue weighted by molar-refractivity contribution is 0.0772. The highest BCUT2D eigenvalue weighted by atomic mass is 32.1. The molecule has 6 heteroatoms. The van der Waals surface area contributed by atoms with E-state index in [1.807, 2.05) is 44.2 Å². The maximum Gasteiger partial charge on any atom is 0.265 e. The van der Waals surface area contributed by atoms with Crippen molar-refractivity contribution in [3.63, 3.8) is 0 Å². The molecule has 1 aliphatic heterocycles. The summed E-state index contributed by atoms with van der Waals surface area (Å²) in [5.41, 5.74) is 3.21. The van der Waals surface area contributed by atoms with Gasteiger partial charge in [0.15, 0.2) is 0 Å². The molecule has 0 aliphatic carbocycles. The Morgan fingerprint density at radius 3 is 2.66 bits per heavy atom. The maximum absolute atomic E-state index is 12.8. The first-order chi connectivity index (χ1) is 14.1. The second-order valence-corrected chi connectivity index (χ2v) is 7.81. The van der Waals surface area contributed by atoms with Gasteiger partial charge in [-0.15, -0.1) is 11.3 Å². The normalized spacial score (nSPS) is 11.8. The molecule has 0 fully saturated rings. The molecule has 2 aromatic carbocycles. The van der Waals surface area contributed by atoms with Crippen molar-refractivity contribution < 1.29 is 14.3 Å². The first-order valence-electron chi connectivity index (χ1n) is 9.66. The van der Waals surface area contributed by atoms with E-state index in [0.29, 0.717) is 35.8 Å². The fourth-order valence-electron chi connectivity index (χ4n) is 3.43. The molecule has 29 heavy (non-hydrogen) atoms. The first-order valence-corrected chi connectivity index (χ1v) is 10.5. The molecule has 1 N–H and O–H groups in total. The Morgan fingerprint density at radius 1 is 1.07 bits per heavy atom. The highest BCUT2D eigenvalue weighted by Crippen LogP contribution is 2.42. The van der Waals surface area contributed by atoms with Gasteiger partial charge in [-0.05, 0) is 50.2 Å². The van der Waals surface area contributed by atoms with Crippen LogP contribution in [0.25, 0.3) is 10.4 Å². The molecule has 4 rings (SSSR count). The number of carbonyl (C=O) groups excluding carboxylic acids is 2. The van der Waals surface area contributed by atoms with Gasteiger partial charge >= 0.3 is 0 Å². The van der Waals surface area contributed by atoms with Crippen molar-refractivity contribution in [2.24, 2.45) is 0 Å². The van der Waals surface area contributed by atoms with Crippen LogP contribution in [0.1, 0.15) is 39.4 Å². The SMILES string of the molecule is CCN(CC)C(=O)c1cccc(NC(=O)c2cc3c(s2)-c2ccccc2OC3)c1. The van der Waals surface area contributed by atoms with Crippen LogP contribution < -0.4 is 10.1 Å². The van der Waals surface area contributed by atoms with E-state index >= 15 is 0 Å². The topological polar surface area (TPSA) is 58.6 Å². The molecule has 0 saturated carbocycles. The molecule has 2 heterocycles. The van der Waals surface area contributed by atoms with Gasteiger partial charge in [-0.3, -0.25) is 9.59 Å². The second-order valence-electron chi connectivity index (χ2n) is 6.76. The van der Waals surface area contributed by atoms with Crippen molar-refractivity contribution in [3.05, 3.63) is 70.6 Å².